The molecule has 1 aromatic rings. The Morgan fingerprint density at radius 1 is 1.60 bits per heavy atom. The molecule has 2 atom stereocenters. The fourth-order valence-electron chi connectivity index (χ4n) is 2.89. The molecule has 0 bridgehead atoms. The Hall–Kier alpha value is -1.33. The number of carbonyl (C=O) groups excluding carboxylic acids is 1. The predicted molar refractivity (Wildman–Crippen MR) is 74.3 cm³/mol. The molecule has 1 saturated carbocycles. The van der Waals surface area contributed by atoms with E-state index in [9.17, 15) is 9.90 Å². The van der Waals surface area contributed by atoms with Crippen LogP contribution in [0.3, 0.4) is 0 Å². The second-order valence-electron chi connectivity index (χ2n) is 5.79. The van der Waals surface area contributed by atoms with Crippen molar-refractivity contribution < 1.29 is 19.1 Å². The first kappa shape index (κ1) is 15.1. The minimum atomic E-state index is -0.616. The number of esters is 1. The summed E-state index contributed by atoms with van der Waals surface area (Å²) < 4.78 is 9.95. The molecule has 1 fully saturated rings. The average Bonchev–Trinajstić information content (AvgIpc) is 2.86. The quantitative estimate of drug-likeness (QED) is 0.809. The molecule has 0 aliphatic heterocycles. The Morgan fingerprint density at radius 3 is 3.10 bits per heavy atom. The van der Waals surface area contributed by atoms with Gasteiger partial charge in [-0.1, -0.05) is 19.8 Å². The Bertz CT molecular complexity index is 456. The lowest BCUT2D eigenvalue weighted by Crippen LogP contribution is -2.43. The zero-order valence-corrected chi connectivity index (χ0v) is 12.1. The van der Waals surface area contributed by atoms with Crippen molar-refractivity contribution in [2.24, 2.45) is 5.92 Å². The molecule has 0 amide bonds. The Kier molecular flexibility index (Phi) is 4.83. The number of furan rings is 1. The summed E-state index contributed by atoms with van der Waals surface area (Å²) in [6, 6.07) is 3.34. The lowest BCUT2D eigenvalue weighted by Gasteiger charge is -2.35. The van der Waals surface area contributed by atoms with Gasteiger partial charge in [0.05, 0.1) is 19.3 Å². The van der Waals surface area contributed by atoms with E-state index in [1.807, 2.05) is 0 Å². The van der Waals surface area contributed by atoms with Gasteiger partial charge >= 0.3 is 5.97 Å². The lowest BCUT2D eigenvalue weighted by molar-refractivity contribution is -0.0122. The number of carbonyl (C=O) groups is 1. The predicted octanol–water partition coefficient (Wildman–Crippen LogP) is 2.10. The van der Waals surface area contributed by atoms with E-state index in [2.05, 4.69) is 17.0 Å². The largest absolute Gasteiger partial charge is 0.463 e. The molecule has 2 rings (SSSR count). The standard InChI is InChI=1S/C15H23NO4/c1-11-4-3-7-15(18,8-11)10-16-9-12-5-6-13(20-12)14(17)19-2/h5-6,11,16,18H,3-4,7-10H2,1-2H3. The number of aliphatic hydroxyl groups is 1. The minimum absolute atomic E-state index is 0.203. The molecule has 2 N–H and O–H groups in total. The van der Waals surface area contributed by atoms with Gasteiger partial charge in [0.15, 0.2) is 0 Å². The van der Waals surface area contributed by atoms with Crippen LogP contribution in [0.25, 0.3) is 0 Å². The van der Waals surface area contributed by atoms with E-state index in [1.54, 1.807) is 12.1 Å². The summed E-state index contributed by atoms with van der Waals surface area (Å²) in [4.78, 5) is 11.3. The van der Waals surface area contributed by atoms with E-state index in [0.29, 0.717) is 24.8 Å². The molecule has 1 aromatic heterocycles. The van der Waals surface area contributed by atoms with Gasteiger partial charge in [0.1, 0.15) is 5.76 Å². The molecule has 0 radical (unpaired) electrons. The average molecular weight is 281 g/mol. The molecule has 1 heterocycles. The SMILES string of the molecule is COC(=O)c1ccc(CNCC2(O)CCCC(C)C2)o1. The molecule has 20 heavy (non-hydrogen) atoms. The fraction of sp³-hybridized carbons (Fsp3) is 0.667. The molecule has 1 aliphatic carbocycles. The third kappa shape index (κ3) is 3.84. The van der Waals surface area contributed by atoms with Crippen molar-refractivity contribution in [1.82, 2.24) is 5.32 Å². The van der Waals surface area contributed by atoms with Crippen molar-refractivity contribution in [1.29, 1.82) is 0 Å². The smallest absolute Gasteiger partial charge is 0.373 e. The maximum Gasteiger partial charge on any atom is 0.373 e. The molecular formula is C15H23NO4. The molecule has 5 nitrogen and oxygen atoms in total. The van der Waals surface area contributed by atoms with Gasteiger partial charge in [0.2, 0.25) is 5.76 Å². The summed E-state index contributed by atoms with van der Waals surface area (Å²) in [6.45, 7) is 3.22. The first-order valence-corrected chi connectivity index (χ1v) is 7.12. The second-order valence-corrected chi connectivity index (χ2v) is 5.79. The van der Waals surface area contributed by atoms with Crippen molar-refractivity contribution in [3.63, 3.8) is 0 Å². The molecule has 0 spiro atoms. The third-order valence-electron chi connectivity index (χ3n) is 3.87. The molecule has 2 unspecified atom stereocenters. The maximum atomic E-state index is 11.3. The van der Waals surface area contributed by atoms with Crippen LogP contribution in [-0.4, -0.2) is 30.3 Å². The number of nitrogens with one attached hydrogen (secondary N) is 1. The van der Waals surface area contributed by atoms with Crippen LogP contribution in [0.1, 0.15) is 48.9 Å². The van der Waals surface area contributed by atoms with Crippen LogP contribution in [0, 0.1) is 5.92 Å². The Balaban J connectivity index is 1.80. The molecule has 0 saturated heterocycles. The van der Waals surface area contributed by atoms with Gasteiger partial charge in [-0.15, -0.1) is 0 Å². The van der Waals surface area contributed by atoms with Crippen LogP contribution < -0.4 is 5.32 Å². The summed E-state index contributed by atoms with van der Waals surface area (Å²) >= 11 is 0. The van der Waals surface area contributed by atoms with Gasteiger partial charge in [0.25, 0.3) is 0 Å². The van der Waals surface area contributed by atoms with E-state index >= 15 is 0 Å². The number of hydrogen-bond acceptors (Lipinski definition) is 5. The van der Waals surface area contributed by atoms with Crippen molar-refractivity contribution in [2.45, 2.75) is 44.8 Å². The van der Waals surface area contributed by atoms with Crippen LogP contribution in [0.15, 0.2) is 16.5 Å². The van der Waals surface area contributed by atoms with E-state index in [0.717, 1.165) is 19.3 Å². The summed E-state index contributed by atoms with van der Waals surface area (Å²) in [6.07, 6.45) is 3.96. The first-order valence-electron chi connectivity index (χ1n) is 7.12. The van der Waals surface area contributed by atoms with Gasteiger partial charge in [-0.2, -0.15) is 0 Å². The molecule has 1 aliphatic rings. The van der Waals surface area contributed by atoms with Gasteiger partial charge in [-0.25, -0.2) is 4.79 Å². The zero-order valence-electron chi connectivity index (χ0n) is 12.1. The highest BCUT2D eigenvalue weighted by molar-refractivity contribution is 5.86. The van der Waals surface area contributed by atoms with E-state index in [-0.39, 0.29) is 5.76 Å². The van der Waals surface area contributed by atoms with Crippen molar-refractivity contribution >= 4 is 5.97 Å². The Labute approximate surface area is 119 Å². The van der Waals surface area contributed by atoms with Crippen molar-refractivity contribution in [3.05, 3.63) is 23.7 Å². The highest BCUT2D eigenvalue weighted by Crippen LogP contribution is 2.31. The Morgan fingerprint density at radius 2 is 2.40 bits per heavy atom. The van der Waals surface area contributed by atoms with Crippen molar-refractivity contribution in [2.75, 3.05) is 13.7 Å². The summed E-state index contributed by atoms with van der Waals surface area (Å²) in [5.74, 6) is 0.966. The third-order valence-corrected chi connectivity index (χ3v) is 3.87. The van der Waals surface area contributed by atoms with E-state index in [4.69, 9.17) is 4.42 Å². The number of rotatable bonds is 5. The monoisotopic (exact) mass is 281 g/mol. The molecule has 0 aromatic carbocycles. The van der Waals surface area contributed by atoms with Crippen LogP contribution in [0.2, 0.25) is 0 Å². The summed E-state index contributed by atoms with van der Waals surface area (Å²) in [7, 11) is 1.32. The lowest BCUT2D eigenvalue weighted by atomic mass is 9.79. The van der Waals surface area contributed by atoms with Crippen LogP contribution in [0.5, 0.6) is 0 Å². The highest BCUT2D eigenvalue weighted by Gasteiger charge is 2.32. The first-order chi connectivity index (χ1) is 9.52. The molecule has 112 valence electrons. The van der Waals surface area contributed by atoms with Crippen LogP contribution in [-0.2, 0) is 11.3 Å². The molecular weight excluding hydrogens is 258 g/mol. The van der Waals surface area contributed by atoms with Gasteiger partial charge < -0.3 is 19.6 Å². The van der Waals surface area contributed by atoms with Gasteiger partial charge in [-0.3, -0.25) is 0 Å². The van der Waals surface area contributed by atoms with Crippen molar-refractivity contribution in [3.8, 4) is 0 Å². The van der Waals surface area contributed by atoms with E-state index in [1.165, 1.54) is 13.5 Å². The van der Waals surface area contributed by atoms with Crippen LogP contribution >= 0.6 is 0 Å². The van der Waals surface area contributed by atoms with E-state index < -0.39 is 11.6 Å². The number of hydrogen-bond donors (Lipinski definition) is 2. The highest BCUT2D eigenvalue weighted by atomic mass is 16.5. The summed E-state index contributed by atoms with van der Waals surface area (Å²) in [5, 5.41) is 13.7. The second kappa shape index (κ2) is 6.41. The zero-order chi connectivity index (χ0) is 14.6. The number of methoxy groups -OCH3 is 1. The maximum absolute atomic E-state index is 11.3. The van der Waals surface area contributed by atoms with Gasteiger partial charge in [0, 0.05) is 6.54 Å². The topological polar surface area (TPSA) is 71.7 Å². The summed E-state index contributed by atoms with van der Waals surface area (Å²) in [5.41, 5.74) is -0.616. The number of ether oxygens (including phenoxy) is 1. The normalized spacial score (nSPS) is 26.4. The minimum Gasteiger partial charge on any atom is -0.463 e. The van der Waals surface area contributed by atoms with Gasteiger partial charge in [-0.05, 0) is 30.9 Å². The van der Waals surface area contributed by atoms with Crippen LogP contribution in [0.4, 0.5) is 0 Å². The molecule has 5 heteroatoms. The fourth-order valence-corrected chi connectivity index (χ4v) is 2.89.